The van der Waals surface area contributed by atoms with E-state index in [4.69, 9.17) is 0 Å². The van der Waals surface area contributed by atoms with Gasteiger partial charge >= 0.3 is 6.18 Å². The molecule has 5 heteroatoms. The van der Waals surface area contributed by atoms with Crippen molar-refractivity contribution in [2.45, 2.75) is 18.7 Å². The van der Waals surface area contributed by atoms with Crippen molar-refractivity contribution in [1.82, 2.24) is 4.98 Å². The fourth-order valence-corrected chi connectivity index (χ4v) is 1.83. The molecule has 0 fully saturated rings. The lowest BCUT2D eigenvalue weighted by molar-refractivity contribution is -0.249. The monoisotopic (exact) mass is 267 g/mol. The Bertz CT molecular complexity index is 551. The summed E-state index contributed by atoms with van der Waals surface area (Å²) in [5.74, 6) is 0. The van der Waals surface area contributed by atoms with Gasteiger partial charge in [-0.2, -0.15) is 13.2 Å². The van der Waals surface area contributed by atoms with Crippen molar-refractivity contribution in [3.8, 4) is 0 Å². The molecule has 19 heavy (non-hydrogen) atoms. The van der Waals surface area contributed by atoms with Crippen LogP contribution in [0.4, 0.5) is 13.2 Å². The highest BCUT2D eigenvalue weighted by Crippen LogP contribution is 2.43. The van der Waals surface area contributed by atoms with Crippen LogP contribution in [0.25, 0.3) is 0 Å². The number of hydrogen-bond donors (Lipinski definition) is 1. The van der Waals surface area contributed by atoms with Crippen molar-refractivity contribution in [2.75, 3.05) is 0 Å². The predicted octanol–water partition coefficient (Wildman–Crippen LogP) is 3.19. The second-order valence-electron chi connectivity index (χ2n) is 4.29. The van der Waals surface area contributed by atoms with Gasteiger partial charge in [0.1, 0.15) is 0 Å². The number of rotatable bonds is 2. The fraction of sp³-hybridized carbons (Fsp3) is 0.214. The molecule has 0 amide bonds. The highest BCUT2D eigenvalue weighted by atomic mass is 19.4. The predicted molar refractivity (Wildman–Crippen MR) is 64.5 cm³/mol. The van der Waals surface area contributed by atoms with Crippen molar-refractivity contribution in [3.63, 3.8) is 0 Å². The molecule has 0 aliphatic heterocycles. The Morgan fingerprint density at radius 3 is 2.11 bits per heavy atom. The van der Waals surface area contributed by atoms with E-state index in [0.29, 0.717) is 0 Å². The van der Waals surface area contributed by atoms with Crippen LogP contribution >= 0.6 is 0 Å². The van der Waals surface area contributed by atoms with Crippen molar-refractivity contribution in [1.29, 1.82) is 0 Å². The minimum absolute atomic E-state index is 0.246. The number of halogens is 3. The van der Waals surface area contributed by atoms with Crippen molar-refractivity contribution in [3.05, 3.63) is 65.5 Å². The van der Waals surface area contributed by atoms with Crippen molar-refractivity contribution >= 4 is 0 Å². The first-order valence-corrected chi connectivity index (χ1v) is 5.63. The maximum atomic E-state index is 13.3. The maximum Gasteiger partial charge on any atom is 0.427 e. The first-order valence-electron chi connectivity index (χ1n) is 5.63. The van der Waals surface area contributed by atoms with Gasteiger partial charge < -0.3 is 5.11 Å². The topological polar surface area (TPSA) is 33.1 Å². The first-order chi connectivity index (χ1) is 8.85. The summed E-state index contributed by atoms with van der Waals surface area (Å²) in [6, 6.07) is 9.63. The van der Waals surface area contributed by atoms with Gasteiger partial charge in [0.05, 0.1) is 5.69 Å². The van der Waals surface area contributed by atoms with Crippen LogP contribution in [0.5, 0.6) is 0 Å². The van der Waals surface area contributed by atoms with Gasteiger partial charge in [-0.1, -0.05) is 35.9 Å². The molecular weight excluding hydrogens is 255 g/mol. The number of aromatic nitrogens is 1. The van der Waals surface area contributed by atoms with Crippen molar-refractivity contribution in [2.24, 2.45) is 0 Å². The Balaban J connectivity index is 2.63. The Morgan fingerprint density at radius 1 is 1.00 bits per heavy atom. The van der Waals surface area contributed by atoms with Gasteiger partial charge in [0.25, 0.3) is 0 Å². The number of aryl methyl sites for hydroxylation is 1. The normalized spacial score (nSPS) is 15.0. The Kier molecular flexibility index (Phi) is 3.32. The molecule has 100 valence electrons. The molecule has 0 saturated carbocycles. The van der Waals surface area contributed by atoms with Gasteiger partial charge in [0, 0.05) is 6.20 Å². The van der Waals surface area contributed by atoms with E-state index in [1.807, 2.05) is 0 Å². The Hall–Kier alpha value is -1.88. The molecule has 2 nitrogen and oxygen atoms in total. The molecule has 0 bridgehead atoms. The smallest absolute Gasteiger partial charge is 0.371 e. The highest BCUT2D eigenvalue weighted by Gasteiger charge is 2.57. The Morgan fingerprint density at radius 2 is 1.63 bits per heavy atom. The van der Waals surface area contributed by atoms with E-state index in [2.05, 4.69) is 4.98 Å². The SMILES string of the molecule is Cc1ccc(C(O)(c2ccccn2)C(F)(F)F)cc1. The van der Waals surface area contributed by atoms with E-state index in [1.54, 1.807) is 6.92 Å². The lowest BCUT2D eigenvalue weighted by Gasteiger charge is -2.30. The molecule has 2 rings (SSSR count). The van der Waals surface area contributed by atoms with Crippen LogP contribution in [-0.2, 0) is 5.60 Å². The number of benzene rings is 1. The summed E-state index contributed by atoms with van der Waals surface area (Å²) in [5, 5.41) is 10.2. The molecule has 0 spiro atoms. The molecule has 2 aromatic rings. The number of pyridine rings is 1. The maximum absolute atomic E-state index is 13.3. The van der Waals surface area contributed by atoms with Gasteiger partial charge in [-0.3, -0.25) is 4.98 Å². The largest absolute Gasteiger partial charge is 0.427 e. The van der Waals surface area contributed by atoms with E-state index in [-0.39, 0.29) is 5.56 Å². The van der Waals surface area contributed by atoms with Gasteiger partial charge in [0.15, 0.2) is 0 Å². The number of aliphatic hydroxyl groups is 1. The molecule has 0 saturated heterocycles. The minimum Gasteiger partial charge on any atom is -0.371 e. The molecular formula is C14H12F3NO. The van der Waals surface area contributed by atoms with Crippen LogP contribution < -0.4 is 0 Å². The van der Waals surface area contributed by atoms with Crippen LogP contribution in [-0.4, -0.2) is 16.3 Å². The second-order valence-corrected chi connectivity index (χ2v) is 4.29. The van der Waals surface area contributed by atoms with Gasteiger partial charge in [-0.25, -0.2) is 0 Å². The van der Waals surface area contributed by atoms with E-state index in [9.17, 15) is 18.3 Å². The third kappa shape index (κ3) is 2.33. The second kappa shape index (κ2) is 4.66. The molecule has 0 aliphatic rings. The van der Waals surface area contributed by atoms with Crippen LogP contribution in [0.15, 0.2) is 48.7 Å². The Labute approximate surface area is 108 Å². The molecule has 1 heterocycles. The average molecular weight is 267 g/mol. The van der Waals surface area contributed by atoms with Gasteiger partial charge in [0.2, 0.25) is 5.60 Å². The summed E-state index contributed by atoms with van der Waals surface area (Å²) < 4.78 is 39.9. The van der Waals surface area contributed by atoms with Crippen LogP contribution in [0.3, 0.4) is 0 Å². The molecule has 1 atom stereocenters. The van der Waals surface area contributed by atoms with E-state index < -0.39 is 17.5 Å². The zero-order chi connectivity index (χ0) is 14.1. The standard InChI is InChI=1S/C14H12F3NO/c1-10-5-7-11(8-6-10)13(19,14(15,16)17)12-4-2-3-9-18-12/h2-9,19H,1H3. The lowest BCUT2D eigenvalue weighted by Crippen LogP contribution is -2.44. The number of alkyl halides is 3. The zero-order valence-electron chi connectivity index (χ0n) is 10.1. The summed E-state index contributed by atoms with van der Waals surface area (Å²) in [6.45, 7) is 1.76. The third-order valence-corrected chi connectivity index (χ3v) is 2.92. The molecule has 0 aliphatic carbocycles. The van der Waals surface area contributed by atoms with Gasteiger partial charge in [-0.15, -0.1) is 0 Å². The highest BCUT2D eigenvalue weighted by molar-refractivity contribution is 5.35. The summed E-state index contributed by atoms with van der Waals surface area (Å²) >= 11 is 0. The molecule has 1 unspecified atom stereocenters. The average Bonchev–Trinajstić information content (AvgIpc) is 2.38. The summed E-state index contributed by atoms with van der Waals surface area (Å²) in [6.07, 6.45) is -3.63. The fourth-order valence-electron chi connectivity index (χ4n) is 1.83. The van der Waals surface area contributed by atoms with E-state index >= 15 is 0 Å². The molecule has 1 aromatic carbocycles. The van der Waals surface area contributed by atoms with Crippen LogP contribution in [0.2, 0.25) is 0 Å². The molecule has 0 radical (unpaired) electrons. The van der Waals surface area contributed by atoms with Crippen molar-refractivity contribution < 1.29 is 18.3 Å². The molecule has 1 aromatic heterocycles. The lowest BCUT2D eigenvalue weighted by atomic mass is 9.88. The first kappa shape index (κ1) is 13.5. The molecule has 1 N–H and O–H groups in total. The minimum atomic E-state index is -4.85. The summed E-state index contributed by atoms with van der Waals surface area (Å²) in [4.78, 5) is 3.65. The van der Waals surface area contributed by atoms with E-state index in [1.165, 1.54) is 42.6 Å². The quantitative estimate of drug-likeness (QED) is 0.906. The van der Waals surface area contributed by atoms with Crippen LogP contribution in [0.1, 0.15) is 16.8 Å². The summed E-state index contributed by atoms with van der Waals surface area (Å²) in [7, 11) is 0. The van der Waals surface area contributed by atoms with Gasteiger partial charge in [-0.05, 0) is 24.6 Å². The van der Waals surface area contributed by atoms with Crippen LogP contribution in [0, 0.1) is 6.92 Å². The zero-order valence-corrected chi connectivity index (χ0v) is 10.1. The number of hydrogen-bond acceptors (Lipinski definition) is 2. The number of nitrogens with zero attached hydrogens (tertiary/aromatic N) is 1. The van der Waals surface area contributed by atoms with E-state index in [0.717, 1.165) is 11.6 Å². The third-order valence-electron chi connectivity index (χ3n) is 2.92. The summed E-state index contributed by atoms with van der Waals surface area (Å²) in [5.41, 5.74) is -2.97.